The maximum atomic E-state index is 14.8. The van der Waals surface area contributed by atoms with Crippen LogP contribution in [0.15, 0.2) is 67.3 Å². The number of unbranched alkanes of at least 4 members (excludes halogenated alkanes) is 1. The lowest BCUT2D eigenvalue weighted by atomic mass is 10.0. The van der Waals surface area contributed by atoms with E-state index in [1.807, 2.05) is 30.3 Å². The molecule has 1 aliphatic heterocycles. The average molecular weight is 619 g/mol. The molecule has 1 saturated heterocycles. The number of carbonyl (C=O) groups excluding carboxylic acids is 1. The molecule has 11 heteroatoms. The molecule has 7 rings (SSSR count). The number of H-pyrrole nitrogens is 2. The predicted octanol–water partition coefficient (Wildman–Crippen LogP) is 6.97. The van der Waals surface area contributed by atoms with Crippen LogP contribution in [0.2, 0.25) is 0 Å². The minimum absolute atomic E-state index is 0.0298. The molecule has 6 aromatic rings. The van der Waals surface area contributed by atoms with Crippen molar-refractivity contribution in [2.24, 2.45) is 0 Å². The minimum Gasteiger partial charge on any atom is -0.492 e. The van der Waals surface area contributed by atoms with Crippen LogP contribution in [0.4, 0.5) is 10.1 Å². The van der Waals surface area contributed by atoms with E-state index in [1.165, 1.54) is 25.0 Å². The van der Waals surface area contributed by atoms with Gasteiger partial charge in [-0.25, -0.2) is 14.4 Å². The summed E-state index contributed by atoms with van der Waals surface area (Å²) in [6.07, 6.45) is 11.6. The molecule has 3 N–H and O–H groups in total. The first-order valence-electron chi connectivity index (χ1n) is 15.8. The Bertz CT molecular complexity index is 2010. The molecular weight excluding hydrogens is 583 g/mol. The summed E-state index contributed by atoms with van der Waals surface area (Å²) >= 11 is 0. The molecule has 1 aromatic carbocycles. The van der Waals surface area contributed by atoms with Crippen molar-refractivity contribution in [3.05, 3.63) is 73.1 Å². The van der Waals surface area contributed by atoms with Crippen molar-refractivity contribution in [3.63, 3.8) is 0 Å². The molecule has 6 heterocycles. The summed E-state index contributed by atoms with van der Waals surface area (Å²) in [5, 5.41) is 12.2. The molecule has 1 fully saturated rings. The molecule has 10 nitrogen and oxygen atoms in total. The Morgan fingerprint density at radius 1 is 0.978 bits per heavy atom. The number of ether oxygens (including phenoxy) is 1. The third kappa shape index (κ3) is 6.32. The Hall–Kier alpha value is -5.16. The van der Waals surface area contributed by atoms with E-state index in [2.05, 4.69) is 47.3 Å². The van der Waals surface area contributed by atoms with Crippen molar-refractivity contribution in [1.82, 2.24) is 35.0 Å². The molecule has 1 amide bonds. The van der Waals surface area contributed by atoms with E-state index >= 15 is 0 Å². The summed E-state index contributed by atoms with van der Waals surface area (Å²) in [6.45, 7) is 5.58. The molecular formula is C35H35FN8O2. The van der Waals surface area contributed by atoms with Gasteiger partial charge in [0.15, 0.2) is 5.65 Å². The molecule has 0 unspecified atom stereocenters. The SMILES string of the molecule is CCCCC(=O)Nc1cncc(-c2cnc3[nH]nc(-c4cc5c(-c6cc(F)cc(OCCN7CCCC7)c6)ccnc5[nH]4)c3c2)c1. The van der Waals surface area contributed by atoms with Gasteiger partial charge in [0.25, 0.3) is 0 Å². The monoisotopic (exact) mass is 618 g/mol. The number of nitrogens with zero attached hydrogens (tertiary/aromatic N) is 5. The molecule has 5 aromatic heterocycles. The van der Waals surface area contributed by atoms with Gasteiger partial charge in [-0.3, -0.25) is 19.8 Å². The second-order valence-electron chi connectivity index (χ2n) is 11.7. The average Bonchev–Trinajstić information content (AvgIpc) is 3.83. The van der Waals surface area contributed by atoms with E-state index in [0.717, 1.165) is 65.6 Å². The third-order valence-corrected chi connectivity index (χ3v) is 8.37. The standard InChI is InChI=1S/C35H35FN8O2/c1-2-3-6-32(45)40-26-14-23(19-37-21-26)24-16-30-33(42-43-35(30)39-20-24)31-18-29-28(7-8-38-34(29)41-31)22-13-25(36)17-27(15-22)46-12-11-44-9-4-5-10-44/h7-8,13-21H,2-6,9-12H2,1H3,(H,38,41)(H,40,45)(H,39,42,43). The van der Waals surface area contributed by atoms with Crippen LogP contribution >= 0.6 is 0 Å². The van der Waals surface area contributed by atoms with Gasteiger partial charge in [-0.1, -0.05) is 13.3 Å². The molecule has 1 aliphatic rings. The topological polar surface area (TPSA) is 125 Å². The Labute approximate surface area is 265 Å². The van der Waals surface area contributed by atoms with E-state index in [-0.39, 0.29) is 11.7 Å². The number of aromatic nitrogens is 6. The fraction of sp³-hybridized carbons (Fsp3) is 0.286. The number of halogens is 1. The summed E-state index contributed by atoms with van der Waals surface area (Å²) in [5.41, 5.74) is 6.53. The smallest absolute Gasteiger partial charge is 0.224 e. The fourth-order valence-corrected chi connectivity index (χ4v) is 6.00. The first-order chi connectivity index (χ1) is 22.5. The van der Waals surface area contributed by atoms with Crippen LogP contribution in [0, 0.1) is 5.82 Å². The van der Waals surface area contributed by atoms with Crippen LogP contribution in [0.3, 0.4) is 0 Å². The molecule has 0 bridgehead atoms. The summed E-state index contributed by atoms with van der Waals surface area (Å²) < 4.78 is 20.8. The van der Waals surface area contributed by atoms with Gasteiger partial charge in [-0.15, -0.1) is 0 Å². The predicted molar refractivity (Wildman–Crippen MR) is 177 cm³/mol. The normalized spacial score (nSPS) is 13.5. The summed E-state index contributed by atoms with van der Waals surface area (Å²) in [5.74, 6) is 0.120. The second kappa shape index (κ2) is 13.1. The van der Waals surface area contributed by atoms with Crippen LogP contribution in [-0.4, -0.2) is 67.2 Å². The maximum Gasteiger partial charge on any atom is 0.224 e. The number of fused-ring (bicyclic) bond motifs is 2. The molecule has 46 heavy (non-hydrogen) atoms. The van der Waals surface area contributed by atoms with Gasteiger partial charge in [0.1, 0.15) is 29.5 Å². The Morgan fingerprint density at radius 2 is 1.85 bits per heavy atom. The van der Waals surface area contributed by atoms with Crippen molar-refractivity contribution in [3.8, 4) is 39.4 Å². The Balaban J connectivity index is 1.17. The highest BCUT2D eigenvalue weighted by Crippen LogP contribution is 2.35. The number of pyridine rings is 3. The van der Waals surface area contributed by atoms with Crippen LogP contribution in [0.25, 0.3) is 55.7 Å². The zero-order valence-electron chi connectivity index (χ0n) is 25.6. The van der Waals surface area contributed by atoms with Crippen molar-refractivity contribution in [1.29, 1.82) is 0 Å². The first-order valence-corrected chi connectivity index (χ1v) is 15.8. The van der Waals surface area contributed by atoms with Crippen LogP contribution in [0.5, 0.6) is 5.75 Å². The number of hydrogen-bond acceptors (Lipinski definition) is 7. The zero-order valence-corrected chi connectivity index (χ0v) is 25.6. The molecule has 234 valence electrons. The highest BCUT2D eigenvalue weighted by molar-refractivity contribution is 6.00. The second-order valence-corrected chi connectivity index (χ2v) is 11.7. The van der Waals surface area contributed by atoms with Crippen molar-refractivity contribution in [2.45, 2.75) is 39.0 Å². The number of anilines is 1. The summed E-state index contributed by atoms with van der Waals surface area (Å²) in [4.78, 5) is 31.5. The van der Waals surface area contributed by atoms with Crippen molar-refractivity contribution in [2.75, 3.05) is 31.6 Å². The highest BCUT2D eigenvalue weighted by atomic mass is 19.1. The van der Waals surface area contributed by atoms with E-state index in [0.29, 0.717) is 47.0 Å². The number of rotatable bonds is 11. The van der Waals surface area contributed by atoms with Gasteiger partial charge in [0, 0.05) is 59.5 Å². The van der Waals surface area contributed by atoms with Crippen molar-refractivity contribution < 1.29 is 13.9 Å². The third-order valence-electron chi connectivity index (χ3n) is 8.37. The van der Waals surface area contributed by atoms with Gasteiger partial charge in [-0.05, 0) is 79.9 Å². The highest BCUT2D eigenvalue weighted by Gasteiger charge is 2.17. The maximum absolute atomic E-state index is 14.8. The van der Waals surface area contributed by atoms with Gasteiger partial charge < -0.3 is 15.0 Å². The fourth-order valence-electron chi connectivity index (χ4n) is 6.00. The molecule has 0 saturated carbocycles. The lowest BCUT2D eigenvalue weighted by Crippen LogP contribution is -2.25. The van der Waals surface area contributed by atoms with Gasteiger partial charge in [0.05, 0.1) is 17.6 Å². The lowest BCUT2D eigenvalue weighted by molar-refractivity contribution is -0.116. The number of carbonyl (C=O) groups is 1. The largest absolute Gasteiger partial charge is 0.492 e. The van der Waals surface area contributed by atoms with E-state index in [4.69, 9.17) is 4.74 Å². The molecule has 0 spiro atoms. The van der Waals surface area contributed by atoms with E-state index in [9.17, 15) is 9.18 Å². The van der Waals surface area contributed by atoms with Gasteiger partial charge in [-0.2, -0.15) is 5.10 Å². The number of hydrogen-bond donors (Lipinski definition) is 3. The number of amides is 1. The van der Waals surface area contributed by atoms with Gasteiger partial charge >= 0.3 is 0 Å². The summed E-state index contributed by atoms with van der Waals surface area (Å²) in [6, 6.07) is 12.6. The van der Waals surface area contributed by atoms with E-state index < -0.39 is 0 Å². The van der Waals surface area contributed by atoms with E-state index in [1.54, 1.807) is 24.8 Å². The summed E-state index contributed by atoms with van der Waals surface area (Å²) in [7, 11) is 0. The molecule has 0 atom stereocenters. The number of aromatic amines is 2. The first kappa shape index (κ1) is 29.5. The van der Waals surface area contributed by atoms with Crippen LogP contribution in [0.1, 0.15) is 39.0 Å². The number of nitrogens with one attached hydrogen (secondary N) is 3. The van der Waals surface area contributed by atoms with Crippen LogP contribution in [-0.2, 0) is 4.79 Å². The Morgan fingerprint density at radius 3 is 2.72 bits per heavy atom. The zero-order chi connectivity index (χ0) is 31.5. The molecule has 0 radical (unpaired) electrons. The number of benzene rings is 1. The van der Waals surface area contributed by atoms with Crippen LogP contribution < -0.4 is 10.1 Å². The van der Waals surface area contributed by atoms with Crippen molar-refractivity contribution >= 4 is 33.7 Å². The molecule has 0 aliphatic carbocycles. The minimum atomic E-state index is -0.356. The quantitative estimate of drug-likeness (QED) is 0.143. The Kier molecular flexibility index (Phi) is 8.39. The van der Waals surface area contributed by atoms with Gasteiger partial charge in [0.2, 0.25) is 5.91 Å². The number of likely N-dealkylation sites (tertiary alicyclic amines) is 1. The lowest BCUT2D eigenvalue weighted by Gasteiger charge is -2.15.